The first kappa shape index (κ1) is 18.3. The van der Waals surface area contributed by atoms with E-state index in [1.807, 2.05) is 30.3 Å². The van der Waals surface area contributed by atoms with Gasteiger partial charge in [-0.05, 0) is 30.3 Å². The van der Waals surface area contributed by atoms with Gasteiger partial charge in [-0.25, -0.2) is 8.42 Å². The fourth-order valence-corrected chi connectivity index (χ4v) is 4.79. The van der Waals surface area contributed by atoms with Gasteiger partial charge in [0.2, 0.25) is 0 Å². The number of phenols is 1. The van der Waals surface area contributed by atoms with Crippen molar-refractivity contribution in [1.82, 2.24) is 4.98 Å². The third-order valence-electron chi connectivity index (χ3n) is 4.14. The number of fused-ring (bicyclic) bond motifs is 1. The summed E-state index contributed by atoms with van der Waals surface area (Å²) in [5, 5.41) is 11.9. The predicted molar refractivity (Wildman–Crippen MR) is 111 cm³/mol. The van der Waals surface area contributed by atoms with Crippen LogP contribution in [0.15, 0.2) is 99.9 Å². The highest BCUT2D eigenvalue weighted by Gasteiger charge is 2.19. The van der Waals surface area contributed by atoms with Crippen LogP contribution in [-0.4, -0.2) is 18.5 Å². The molecule has 0 aliphatic rings. The Balaban J connectivity index is 1.82. The number of benzene rings is 3. The second-order valence-electron chi connectivity index (χ2n) is 6.03. The molecule has 0 saturated carbocycles. The molecule has 3 aromatic carbocycles. The first-order valence-corrected chi connectivity index (χ1v) is 10.7. The van der Waals surface area contributed by atoms with Crippen LogP contribution in [0.4, 0.5) is 5.69 Å². The largest absolute Gasteiger partial charge is 0.506 e. The van der Waals surface area contributed by atoms with E-state index >= 15 is 0 Å². The molecule has 140 valence electrons. The van der Waals surface area contributed by atoms with Crippen molar-refractivity contribution in [2.45, 2.75) is 14.7 Å². The van der Waals surface area contributed by atoms with E-state index in [2.05, 4.69) is 9.71 Å². The zero-order chi connectivity index (χ0) is 19.6. The summed E-state index contributed by atoms with van der Waals surface area (Å²) in [7, 11) is -3.81. The van der Waals surface area contributed by atoms with Gasteiger partial charge >= 0.3 is 0 Å². The number of nitrogens with zero attached hydrogens (tertiary/aromatic N) is 1. The molecule has 4 aromatic rings. The topological polar surface area (TPSA) is 79.3 Å². The minimum absolute atomic E-state index is 0.0735. The second kappa shape index (κ2) is 7.53. The van der Waals surface area contributed by atoms with Gasteiger partial charge in [0.25, 0.3) is 10.0 Å². The average molecular weight is 409 g/mol. The Morgan fingerprint density at radius 3 is 2.32 bits per heavy atom. The van der Waals surface area contributed by atoms with E-state index in [9.17, 15) is 13.5 Å². The molecular weight excluding hydrogens is 392 g/mol. The molecular formula is C21H16N2O3S2. The highest BCUT2D eigenvalue weighted by Crippen LogP contribution is 2.42. The first-order chi connectivity index (χ1) is 13.5. The van der Waals surface area contributed by atoms with Gasteiger partial charge in [0.1, 0.15) is 10.6 Å². The molecule has 0 aliphatic heterocycles. The minimum atomic E-state index is -3.81. The molecule has 0 saturated heterocycles. The van der Waals surface area contributed by atoms with Crippen LogP contribution in [0.1, 0.15) is 0 Å². The molecule has 0 atom stereocenters. The highest BCUT2D eigenvalue weighted by molar-refractivity contribution is 7.99. The summed E-state index contributed by atoms with van der Waals surface area (Å²) in [5.41, 5.74) is 0.399. The summed E-state index contributed by atoms with van der Waals surface area (Å²) in [6.07, 6.45) is 2.81. The number of phenolic OH excluding ortho intramolecular Hbond substituents is 1. The number of aromatic nitrogens is 1. The quantitative estimate of drug-likeness (QED) is 0.460. The molecule has 0 radical (unpaired) electrons. The van der Waals surface area contributed by atoms with Crippen molar-refractivity contribution in [3.05, 3.63) is 85.2 Å². The molecule has 0 spiro atoms. The Morgan fingerprint density at radius 2 is 1.61 bits per heavy atom. The first-order valence-electron chi connectivity index (χ1n) is 8.45. The summed E-state index contributed by atoms with van der Waals surface area (Å²) in [4.78, 5) is 5.46. The molecule has 4 rings (SSSR count). The lowest BCUT2D eigenvalue weighted by atomic mass is 10.1. The van der Waals surface area contributed by atoms with Gasteiger partial charge in [0.05, 0.1) is 10.6 Å². The van der Waals surface area contributed by atoms with Crippen LogP contribution in [0.2, 0.25) is 0 Å². The van der Waals surface area contributed by atoms with Crippen molar-refractivity contribution in [2.24, 2.45) is 0 Å². The maximum Gasteiger partial charge on any atom is 0.263 e. The lowest BCUT2D eigenvalue weighted by molar-refractivity contribution is 0.469. The molecule has 0 aliphatic carbocycles. The van der Waals surface area contributed by atoms with Gasteiger partial charge in [0.15, 0.2) is 0 Å². The zero-order valence-electron chi connectivity index (χ0n) is 14.6. The van der Waals surface area contributed by atoms with Crippen LogP contribution in [0.25, 0.3) is 10.8 Å². The van der Waals surface area contributed by atoms with Gasteiger partial charge < -0.3 is 5.11 Å². The lowest BCUT2D eigenvalue weighted by Gasteiger charge is -2.15. The van der Waals surface area contributed by atoms with Crippen LogP contribution < -0.4 is 4.72 Å². The van der Waals surface area contributed by atoms with Crippen molar-refractivity contribution < 1.29 is 13.5 Å². The van der Waals surface area contributed by atoms with Crippen molar-refractivity contribution in [3.8, 4) is 5.75 Å². The Hall–Kier alpha value is -3.03. The number of anilines is 1. The Labute approximate surface area is 167 Å². The lowest BCUT2D eigenvalue weighted by Crippen LogP contribution is -2.13. The number of rotatable bonds is 5. The molecule has 1 aromatic heterocycles. The standard InChI is InChI=1S/C21H16N2O3S2/c24-21-18-11-5-4-10-17(18)19(13-20(21)27-15-7-2-1-3-8-15)23-28(25,26)16-9-6-12-22-14-16/h1-14,23-24H. The van der Waals surface area contributed by atoms with E-state index in [-0.39, 0.29) is 10.6 Å². The van der Waals surface area contributed by atoms with E-state index < -0.39 is 10.0 Å². The van der Waals surface area contributed by atoms with Crippen LogP contribution in [0.3, 0.4) is 0 Å². The summed E-state index contributed by atoms with van der Waals surface area (Å²) >= 11 is 1.37. The van der Waals surface area contributed by atoms with Crippen molar-refractivity contribution in [3.63, 3.8) is 0 Å². The number of aromatic hydroxyl groups is 1. The molecule has 0 fully saturated rings. The van der Waals surface area contributed by atoms with Crippen molar-refractivity contribution in [1.29, 1.82) is 0 Å². The van der Waals surface area contributed by atoms with E-state index in [0.29, 0.717) is 21.4 Å². The maximum atomic E-state index is 12.8. The van der Waals surface area contributed by atoms with Crippen LogP contribution in [0.5, 0.6) is 5.75 Å². The molecule has 5 nitrogen and oxygen atoms in total. The number of nitrogens with one attached hydrogen (secondary N) is 1. The fourth-order valence-electron chi connectivity index (χ4n) is 2.82. The zero-order valence-corrected chi connectivity index (χ0v) is 16.2. The molecule has 1 heterocycles. The normalized spacial score (nSPS) is 11.4. The molecule has 7 heteroatoms. The van der Waals surface area contributed by atoms with Gasteiger partial charge in [-0.2, -0.15) is 0 Å². The average Bonchev–Trinajstić information content (AvgIpc) is 2.73. The highest BCUT2D eigenvalue weighted by atomic mass is 32.2. The summed E-state index contributed by atoms with van der Waals surface area (Å²) in [6, 6.07) is 21.4. The Bertz CT molecular complexity index is 1230. The number of pyridine rings is 1. The van der Waals surface area contributed by atoms with E-state index in [1.54, 1.807) is 36.4 Å². The smallest absolute Gasteiger partial charge is 0.263 e. The molecule has 0 unspecified atom stereocenters. The summed E-state index contributed by atoms with van der Waals surface area (Å²) in [5.74, 6) is 0.119. The van der Waals surface area contributed by atoms with Gasteiger partial charge in [-0.15, -0.1) is 0 Å². The van der Waals surface area contributed by atoms with Crippen molar-refractivity contribution >= 4 is 38.2 Å². The fraction of sp³-hybridized carbons (Fsp3) is 0. The minimum Gasteiger partial charge on any atom is -0.506 e. The van der Waals surface area contributed by atoms with Crippen LogP contribution in [-0.2, 0) is 10.0 Å². The predicted octanol–water partition coefficient (Wildman–Crippen LogP) is 4.89. The van der Waals surface area contributed by atoms with Crippen LogP contribution >= 0.6 is 11.8 Å². The van der Waals surface area contributed by atoms with Crippen molar-refractivity contribution in [2.75, 3.05) is 4.72 Å². The number of hydrogen-bond acceptors (Lipinski definition) is 5. The van der Waals surface area contributed by atoms with E-state index in [1.165, 1.54) is 30.2 Å². The second-order valence-corrected chi connectivity index (χ2v) is 8.82. The van der Waals surface area contributed by atoms with Gasteiger partial charge in [-0.3, -0.25) is 9.71 Å². The van der Waals surface area contributed by atoms with Gasteiger partial charge in [0, 0.05) is 28.1 Å². The monoisotopic (exact) mass is 408 g/mol. The van der Waals surface area contributed by atoms with Gasteiger partial charge in [-0.1, -0.05) is 54.2 Å². The Morgan fingerprint density at radius 1 is 0.893 bits per heavy atom. The van der Waals surface area contributed by atoms with E-state index in [0.717, 1.165) is 4.90 Å². The summed E-state index contributed by atoms with van der Waals surface area (Å²) < 4.78 is 28.2. The number of hydrogen-bond donors (Lipinski definition) is 2. The molecule has 2 N–H and O–H groups in total. The molecule has 28 heavy (non-hydrogen) atoms. The SMILES string of the molecule is O=S(=O)(Nc1cc(Sc2ccccc2)c(O)c2ccccc12)c1cccnc1. The third kappa shape index (κ3) is 3.67. The molecule has 0 amide bonds. The molecule has 0 bridgehead atoms. The Kier molecular flexibility index (Phi) is 4.93. The van der Waals surface area contributed by atoms with E-state index in [4.69, 9.17) is 0 Å². The third-order valence-corrected chi connectivity index (χ3v) is 6.53. The van der Waals surface area contributed by atoms with Crippen LogP contribution in [0, 0.1) is 0 Å². The number of sulfonamides is 1. The summed E-state index contributed by atoms with van der Waals surface area (Å²) in [6.45, 7) is 0. The maximum absolute atomic E-state index is 12.8.